The Kier molecular flexibility index (Phi) is 5.41. The normalized spacial score (nSPS) is 19.9. The zero-order valence-electron chi connectivity index (χ0n) is 16.3. The lowest BCUT2D eigenvalue weighted by Gasteiger charge is -2.35. The summed E-state index contributed by atoms with van der Waals surface area (Å²) in [6, 6.07) is 14.1. The maximum absolute atomic E-state index is 12.7. The second-order valence-corrected chi connectivity index (χ2v) is 7.52. The van der Waals surface area contributed by atoms with Crippen LogP contribution in [-0.4, -0.2) is 46.3 Å². The summed E-state index contributed by atoms with van der Waals surface area (Å²) < 4.78 is 5.72. The third kappa shape index (κ3) is 4.08. The third-order valence-electron chi connectivity index (χ3n) is 5.12. The minimum Gasteiger partial charge on any atom is -0.372 e. The van der Waals surface area contributed by atoms with Crippen LogP contribution < -0.4 is 5.32 Å². The molecule has 6 nitrogen and oxygen atoms in total. The van der Waals surface area contributed by atoms with Crippen LogP contribution >= 0.6 is 0 Å². The number of aromatic nitrogens is 2. The predicted molar refractivity (Wildman–Crippen MR) is 109 cm³/mol. The Labute approximate surface area is 164 Å². The molecule has 2 unspecified atom stereocenters. The molecule has 1 aliphatic rings. The second-order valence-electron chi connectivity index (χ2n) is 7.52. The highest BCUT2D eigenvalue weighted by Gasteiger charge is 2.26. The highest BCUT2D eigenvalue weighted by Crippen LogP contribution is 2.17. The molecule has 0 aliphatic carbocycles. The fourth-order valence-electron chi connectivity index (χ4n) is 3.81. The predicted octanol–water partition coefficient (Wildman–Crippen LogP) is 3.10. The maximum atomic E-state index is 12.7. The number of nitrogens with one attached hydrogen (secondary N) is 2. The number of ether oxygens (including phenoxy) is 1. The van der Waals surface area contributed by atoms with Gasteiger partial charge >= 0.3 is 0 Å². The van der Waals surface area contributed by atoms with E-state index in [-0.39, 0.29) is 18.1 Å². The summed E-state index contributed by atoms with van der Waals surface area (Å²) in [5.41, 5.74) is 4.14. The number of aromatic amines is 1. The monoisotopic (exact) mass is 378 g/mol. The molecule has 1 aromatic heterocycles. The van der Waals surface area contributed by atoms with Crippen LogP contribution in [0.5, 0.6) is 0 Å². The number of H-pyrrole nitrogens is 1. The van der Waals surface area contributed by atoms with Crippen LogP contribution in [0.2, 0.25) is 0 Å². The molecule has 0 spiro atoms. The van der Waals surface area contributed by atoms with Gasteiger partial charge in [-0.3, -0.25) is 9.89 Å². The standard InChI is InChI=1S/C22H26N4O2/c1-15-13-26(14-16(2)28-15)22(27)18-8-6-17(7-9-18)10-23-11-19-4-3-5-20-12-24-25-21(19)20/h3-9,12,15-16,23H,10-11,13-14H2,1-2H3,(H,24,25). The van der Waals surface area contributed by atoms with Gasteiger partial charge in [-0.25, -0.2) is 0 Å². The minimum atomic E-state index is 0.0763. The molecule has 0 bridgehead atoms. The van der Waals surface area contributed by atoms with E-state index >= 15 is 0 Å². The van der Waals surface area contributed by atoms with Crippen LogP contribution in [0, 0.1) is 0 Å². The molecule has 28 heavy (non-hydrogen) atoms. The molecule has 1 aliphatic heterocycles. The molecule has 1 amide bonds. The first-order chi connectivity index (χ1) is 13.6. The fourth-order valence-corrected chi connectivity index (χ4v) is 3.81. The number of fused-ring (bicyclic) bond motifs is 1. The minimum absolute atomic E-state index is 0.0763. The summed E-state index contributed by atoms with van der Waals surface area (Å²) in [6.45, 7) is 6.80. The second kappa shape index (κ2) is 8.12. The summed E-state index contributed by atoms with van der Waals surface area (Å²) in [5, 5.41) is 11.7. The molecular weight excluding hydrogens is 352 g/mol. The van der Waals surface area contributed by atoms with E-state index in [1.54, 1.807) is 0 Å². The Bertz CT molecular complexity index is 941. The van der Waals surface area contributed by atoms with Gasteiger partial charge in [-0.2, -0.15) is 5.10 Å². The highest BCUT2D eigenvalue weighted by molar-refractivity contribution is 5.94. The van der Waals surface area contributed by atoms with Crippen LogP contribution in [0.25, 0.3) is 10.9 Å². The first kappa shape index (κ1) is 18.7. The summed E-state index contributed by atoms with van der Waals surface area (Å²) >= 11 is 0. The summed E-state index contributed by atoms with van der Waals surface area (Å²) in [4.78, 5) is 14.6. The van der Waals surface area contributed by atoms with Gasteiger partial charge in [0.2, 0.25) is 0 Å². The zero-order chi connectivity index (χ0) is 19.5. The molecular formula is C22H26N4O2. The molecule has 0 saturated carbocycles. The SMILES string of the molecule is CC1CN(C(=O)c2ccc(CNCc3cccc4cn[nH]c34)cc2)CC(C)O1. The molecule has 2 heterocycles. The van der Waals surface area contributed by atoms with Crippen molar-refractivity contribution in [1.82, 2.24) is 20.4 Å². The van der Waals surface area contributed by atoms with Crippen molar-refractivity contribution in [2.45, 2.75) is 39.1 Å². The Morgan fingerprint density at radius 1 is 1.14 bits per heavy atom. The van der Waals surface area contributed by atoms with Gasteiger partial charge < -0.3 is 15.0 Å². The molecule has 2 N–H and O–H groups in total. The van der Waals surface area contributed by atoms with Crippen molar-refractivity contribution in [3.63, 3.8) is 0 Å². The van der Waals surface area contributed by atoms with Gasteiger partial charge in [0, 0.05) is 37.1 Å². The number of nitrogens with zero attached hydrogens (tertiary/aromatic N) is 2. The van der Waals surface area contributed by atoms with Gasteiger partial charge in [-0.15, -0.1) is 0 Å². The Morgan fingerprint density at radius 3 is 2.64 bits per heavy atom. The molecule has 4 rings (SSSR count). The van der Waals surface area contributed by atoms with E-state index < -0.39 is 0 Å². The van der Waals surface area contributed by atoms with E-state index in [4.69, 9.17) is 4.74 Å². The molecule has 0 radical (unpaired) electrons. The Hall–Kier alpha value is -2.70. The number of rotatable bonds is 5. The van der Waals surface area contributed by atoms with Crippen LogP contribution in [0.4, 0.5) is 0 Å². The van der Waals surface area contributed by atoms with Crippen molar-refractivity contribution in [2.75, 3.05) is 13.1 Å². The van der Waals surface area contributed by atoms with Crippen LogP contribution in [0.3, 0.4) is 0 Å². The quantitative estimate of drug-likeness (QED) is 0.716. The van der Waals surface area contributed by atoms with Gasteiger partial charge in [0.1, 0.15) is 0 Å². The van der Waals surface area contributed by atoms with E-state index in [0.717, 1.165) is 35.1 Å². The van der Waals surface area contributed by atoms with Crippen molar-refractivity contribution in [3.8, 4) is 0 Å². The molecule has 1 saturated heterocycles. The fraction of sp³-hybridized carbons (Fsp3) is 0.364. The van der Waals surface area contributed by atoms with Crippen molar-refractivity contribution in [3.05, 3.63) is 65.4 Å². The molecule has 3 aromatic rings. The molecule has 1 fully saturated rings. The molecule has 2 atom stereocenters. The van der Waals surface area contributed by atoms with Crippen LogP contribution in [0.1, 0.15) is 35.3 Å². The van der Waals surface area contributed by atoms with E-state index in [2.05, 4.69) is 21.6 Å². The van der Waals surface area contributed by atoms with E-state index in [9.17, 15) is 4.79 Å². The first-order valence-corrected chi connectivity index (χ1v) is 9.75. The summed E-state index contributed by atoms with van der Waals surface area (Å²) in [5.74, 6) is 0.0763. The van der Waals surface area contributed by atoms with Crippen LogP contribution in [-0.2, 0) is 17.8 Å². The lowest BCUT2D eigenvalue weighted by Crippen LogP contribution is -2.48. The van der Waals surface area contributed by atoms with Crippen molar-refractivity contribution in [1.29, 1.82) is 0 Å². The lowest BCUT2D eigenvalue weighted by atomic mass is 10.1. The van der Waals surface area contributed by atoms with E-state index in [1.807, 2.05) is 61.3 Å². The average Bonchev–Trinajstić information content (AvgIpc) is 3.17. The van der Waals surface area contributed by atoms with Gasteiger partial charge in [-0.1, -0.05) is 30.3 Å². The number of benzene rings is 2. The van der Waals surface area contributed by atoms with E-state index in [1.165, 1.54) is 5.56 Å². The Balaban J connectivity index is 1.34. The smallest absolute Gasteiger partial charge is 0.254 e. The van der Waals surface area contributed by atoms with Gasteiger partial charge in [-0.05, 0) is 37.1 Å². The van der Waals surface area contributed by atoms with Gasteiger partial charge in [0.25, 0.3) is 5.91 Å². The van der Waals surface area contributed by atoms with Gasteiger partial charge in [0.15, 0.2) is 0 Å². The number of hydrogen-bond donors (Lipinski definition) is 2. The molecule has 146 valence electrons. The molecule has 2 aromatic carbocycles. The number of carbonyl (C=O) groups excluding carboxylic acids is 1. The number of para-hydroxylation sites is 1. The van der Waals surface area contributed by atoms with E-state index in [0.29, 0.717) is 13.1 Å². The highest BCUT2D eigenvalue weighted by atomic mass is 16.5. The van der Waals surface area contributed by atoms with Gasteiger partial charge in [0.05, 0.1) is 23.9 Å². The summed E-state index contributed by atoms with van der Waals surface area (Å²) in [7, 11) is 0. The number of morpholine rings is 1. The number of amides is 1. The maximum Gasteiger partial charge on any atom is 0.254 e. The van der Waals surface area contributed by atoms with Crippen molar-refractivity contribution >= 4 is 16.8 Å². The van der Waals surface area contributed by atoms with Crippen molar-refractivity contribution in [2.24, 2.45) is 0 Å². The third-order valence-corrected chi connectivity index (χ3v) is 5.12. The topological polar surface area (TPSA) is 70.2 Å². The largest absolute Gasteiger partial charge is 0.372 e. The van der Waals surface area contributed by atoms with Crippen molar-refractivity contribution < 1.29 is 9.53 Å². The number of hydrogen-bond acceptors (Lipinski definition) is 4. The van der Waals surface area contributed by atoms with Crippen LogP contribution in [0.15, 0.2) is 48.7 Å². The average molecular weight is 378 g/mol. The number of carbonyl (C=O) groups is 1. The zero-order valence-corrected chi connectivity index (χ0v) is 16.3. The molecule has 6 heteroatoms. The Morgan fingerprint density at radius 2 is 1.89 bits per heavy atom. The summed E-state index contributed by atoms with van der Waals surface area (Å²) in [6.07, 6.45) is 2.00. The first-order valence-electron chi connectivity index (χ1n) is 9.75. The lowest BCUT2D eigenvalue weighted by molar-refractivity contribution is -0.0586.